The van der Waals surface area contributed by atoms with E-state index in [-0.39, 0.29) is 48.8 Å². The predicted molar refractivity (Wildman–Crippen MR) is 206 cm³/mol. The molecule has 12 nitrogen and oxygen atoms in total. The minimum absolute atomic E-state index is 0.103. The molecule has 0 bridgehead atoms. The third-order valence-corrected chi connectivity index (χ3v) is 11.0. The molecule has 5 rings (SSSR count). The predicted octanol–water partition coefficient (Wildman–Crippen LogP) is 8.49. The molecule has 1 unspecified atom stereocenters. The average Bonchev–Trinajstić information content (AvgIpc) is 3.80. The molecule has 0 saturated carbocycles. The van der Waals surface area contributed by atoms with Gasteiger partial charge in [-0.25, -0.2) is 9.55 Å². The number of esters is 1. The number of carbonyl (C=O) groups excluding carboxylic acids is 1. The van der Waals surface area contributed by atoms with Gasteiger partial charge >= 0.3 is 19.8 Å². The molecule has 2 aromatic heterocycles. The van der Waals surface area contributed by atoms with Crippen LogP contribution in [0.3, 0.4) is 0 Å². The number of imidazole rings is 1. The van der Waals surface area contributed by atoms with Gasteiger partial charge in [-0.15, -0.1) is 6.42 Å². The van der Waals surface area contributed by atoms with E-state index >= 15 is 0 Å². The van der Waals surface area contributed by atoms with Crippen LogP contribution in [0.1, 0.15) is 102 Å². The topological polar surface area (TPSA) is 153 Å². The number of anilines is 1. The zero-order chi connectivity index (χ0) is 38.2. The van der Waals surface area contributed by atoms with Crippen molar-refractivity contribution in [1.29, 1.82) is 0 Å². The monoisotopic (exact) mass is 762 g/mol. The van der Waals surface area contributed by atoms with Crippen molar-refractivity contribution >= 4 is 30.7 Å². The molecule has 3 N–H and O–H groups in total. The van der Waals surface area contributed by atoms with Crippen LogP contribution in [-0.4, -0.2) is 50.3 Å². The van der Waals surface area contributed by atoms with Crippen molar-refractivity contribution in [1.82, 2.24) is 24.6 Å². The lowest BCUT2D eigenvalue weighted by molar-refractivity contribution is -0.146. The lowest BCUT2D eigenvalue weighted by atomic mass is 10.0. The van der Waals surface area contributed by atoms with Gasteiger partial charge in [0.15, 0.2) is 22.6 Å². The van der Waals surface area contributed by atoms with E-state index in [0.29, 0.717) is 6.42 Å². The number of halogens is 1. The van der Waals surface area contributed by atoms with Gasteiger partial charge in [-0.1, -0.05) is 126 Å². The van der Waals surface area contributed by atoms with Crippen LogP contribution >= 0.6 is 7.75 Å². The number of terminal acetylenes is 1. The van der Waals surface area contributed by atoms with Crippen molar-refractivity contribution in [3.05, 3.63) is 78.6 Å². The SMILES string of the molecule is C#C[C@@]1(COP(=O)(N[C@@H](Cc2ccccc2)C(=O)OCCCCCCCCCCCCC)Oc2ccccc2)CC[C@H](n2cnc3c(N)nc(F)nc32)O1. The molecular weight excluding hydrogens is 710 g/mol. The van der Waals surface area contributed by atoms with Gasteiger partial charge in [0, 0.05) is 0 Å². The summed E-state index contributed by atoms with van der Waals surface area (Å²) >= 11 is 0. The highest BCUT2D eigenvalue weighted by Gasteiger charge is 2.44. The molecule has 1 fully saturated rings. The van der Waals surface area contributed by atoms with Crippen molar-refractivity contribution in [2.45, 2.75) is 115 Å². The van der Waals surface area contributed by atoms with Gasteiger partial charge < -0.3 is 19.7 Å². The van der Waals surface area contributed by atoms with Gasteiger partial charge in [-0.2, -0.15) is 19.4 Å². The number of nitrogens with two attached hydrogens (primary N) is 1. The van der Waals surface area contributed by atoms with Crippen LogP contribution < -0.4 is 15.3 Å². The molecule has 54 heavy (non-hydrogen) atoms. The number of nitrogens with zero attached hydrogens (tertiary/aromatic N) is 4. The minimum Gasteiger partial charge on any atom is -0.465 e. The molecule has 4 atom stereocenters. The van der Waals surface area contributed by atoms with Crippen LogP contribution in [0, 0.1) is 18.4 Å². The van der Waals surface area contributed by atoms with Crippen molar-refractivity contribution in [2.75, 3.05) is 18.9 Å². The number of rotatable bonds is 23. The smallest absolute Gasteiger partial charge is 0.459 e. The summed E-state index contributed by atoms with van der Waals surface area (Å²) in [6.45, 7) is 2.11. The molecule has 0 amide bonds. The highest BCUT2D eigenvalue weighted by atomic mass is 31.2. The number of carbonyl (C=O) groups is 1. The summed E-state index contributed by atoms with van der Waals surface area (Å²) in [5.41, 5.74) is 5.68. The molecule has 2 aromatic carbocycles. The van der Waals surface area contributed by atoms with Crippen LogP contribution in [0.15, 0.2) is 67.0 Å². The summed E-state index contributed by atoms with van der Waals surface area (Å²) in [5, 5.41) is 2.89. The Balaban J connectivity index is 1.24. The number of nitrogens with one attached hydrogen (secondary N) is 1. The maximum atomic E-state index is 14.7. The van der Waals surface area contributed by atoms with Gasteiger partial charge in [0.25, 0.3) is 0 Å². The van der Waals surface area contributed by atoms with E-state index in [1.807, 2.05) is 30.3 Å². The van der Waals surface area contributed by atoms with E-state index in [2.05, 4.69) is 32.9 Å². The number of unbranched alkanes of at least 4 members (excludes halogenated alkanes) is 10. The summed E-state index contributed by atoms with van der Waals surface area (Å²) in [6.07, 6.45) is 19.5. The van der Waals surface area contributed by atoms with Gasteiger partial charge in [-0.05, 0) is 43.4 Å². The number of hydrogen-bond acceptors (Lipinski definition) is 10. The third-order valence-electron chi connectivity index (χ3n) is 9.46. The Labute approximate surface area is 317 Å². The van der Waals surface area contributed by atoms with Gasteiger partial charge in [0.05, 0.1) is 19.5 Å². The molecule has 1 aliphatic rings. The molecule has 0 aliphatic carbocycles. The zero-order valence-electron chi connectivity index (χ0n) is 31.0. The number of para-hydroxylation sites is 1. The Bertz CT molecular complexity index is 1860. The molecule has 14 heteroatoms. The first-order valence-electron chi connectivity index (χ1n) is 19.0. The number of ether oxygens (including phenoxy) is 2. The highest BCUT2D eigenvalue weighted by Crippen LogP contribution is 2.48. The molecule has 1 aliphatic heterocycles. The quantitative estimate of drug-likeness (QED) is 0.0246. The maximum Gasteiger partial charge on any atom is 0.459 e. The Kier molecular flexibility index (Phi) is 15.4. The van der Waals surface area contributed by atoms with Crippen LogP contribution in [-0.2, 0) is 29.8 Å². The number of hydrogen-bond donors (Lipinski definition) is 2. The summed E-state index contributed by atoms with van der Waals surface area (Å²) in [7, 11) is -4.33. The van der Waals surface area contributed by atoms with E-state index in [4.69, 9.17) is 30.7 Å². The maximum absolute atomic E-state index is 14.7. The molecule has 3 heterocycles. The number of nitrogen functional groups attached to an aromatic ring is 1. The summed E-state index contributed by atoms with van der Waals surface area (Å²) in [4.78, 5) is 25.2. The van der Waals surface area contributed by atoms with Crippen LogP contribution in [0.2, 0.25) is 0 Å². The Morgan fingerprint density at radius 3 is 2.35 bits per heavy atom. The van der Waals surface area contributed by atoms with E-state index in [0.717, 1.165) is 24.8 Å². The van der Waals surface area contributed by atoms with Crippen molar-refractivity contribution in [2.24, 2.45) is 0 Å². The lowest BCUT2D eigenvalue weighted by Crippen LogP contribution is -2.41. The molecule has 4 aromatic rings. The fourth-order valence-corrected chi connectivity index (χ4v) is 8.00. The van der Waals surface area contributed by atoms with E-state index in [9.17, 15) is 13.8 Å². The average molecular weight is 763 g/mol. The second-order valence-corrected chi connectivity index (χ2v) is 15.4. The van der Waals surface area contributed by atoms with Gasteiger partial charge in [0.1, 0.15) is 18.0 Å². The number of benzene rings is 2. The first-order valence-corrected chi connectivity index (χ1v) is 20.6. The van der Waals surface area contributed by atoms with E-state index < -0.39 is 37.7 Å². The Morgan fingerprint density at radius 1 is 1.04 bits per heavy atom. The van der Waals surface area contributed by atoms with Crippen molar-refractivity contribution in [3.8, 4) is 18.1 Å². The van der Waals surface area contributed by atoms with Gasteiger partial charge in [0.2, 0.25) is 0 Å². The van der Waals surface area contributed by atoms with E-state index in [1.54, 1.807) is 30.3 Å². The van der Waals surface area contributed by atoms with Crippen molar-refractivity contribution < 1.29 is 32.3 Å². The first-order chi connectivity index (χ1) is 26.2. The minimum atomic E-state index is -4.33. The third kappa shape index (κ3) is 11.8. The molecule has 0 radical (unpaired) electrons. The largest absolute Gasteiger partial charge is 0.465 e. The standard InChI is InChI=1S/C40H52FN6O6P/c1-3-5-6-7-8-9-10-11-12-13-20-27-50-38(48)33(28-31-21-16-14-17-22-31)46-54(49,53-32-23-18-15-19-24-32)51-29-40(4-2)26-25-34(52-40)47-30-43-35-36(42)44-39(41)45-37(35)47/h2,14-19,21-24,30,33-34H,3,5-13,20,25-29H2,1H3,(H,46,49)(H2,42,44,45)/t33-,34+,40-,54?/m0/s1. The Hall–Kier alpha value is -4.34. The molecule has 0 spiro atoms. The van der Waals surface area contributed by atoms with Gasteiger partial charge in [-0.3, -0.25) is 13.9 Å². The normalized spacial score (nSPS) is 18.6. The van der Waals surface area contributed by atoms with Crippen LogP contribution in [0.4, 0.5) is 10.2 Å². The zero-order valence-corrected chi connectivity index (χ0v) is 31.9. The molecular formula is C40H52FN6O6P. The fourth-order valence-electron chi connectivity index (χ4n) is 6.47. The van der Waals surface area contributed by atoms with Crippen molar-refractivity contribution in [3.63, 3.8) is 0 Å². The highest BCUT2D eigenvalue weighted by molar-refractivity contribution is 7.52. The number of aromatic nitrogens is 4. The summed E-state index contributed by atoms with van der Waals surface area (Å²) in [5.74, 6) is 2.23. The summed E-state index contributed by atoms with van der Waals surface area (Å²) in [6, 6.07) is 16.8. The second-order valence-electron chi connectivity index (χ2n) is 13.7. The lowest BCUT2D eigenvalue weighted by Gasteiger charge is -2.29. The Morgan fingerprint density at radius 2 is 1.69 bits per heavy atom. The van der Waals surface area contributed by atoms with E-state index in [1.165, 1.54) is 62.3 Å². The second kappa shape index (κ2) is 20.4. The summed E-state index contributed by atoms with van der Waals surface area (Å²) < 4.78 is 54.3. The first kappa shape index (κ1) is 40.8. The fraction of sp³-hybridized carbons (Fsp3) is 0.500. The molecule has 290 valence electrons. The number of fused-ring (bicyclic) bond motifs is 1. The molecule has 1 saturated heterocycles. The van der Waals surface area contributed by atoms with Crippen LogP contribution in [0.25, 0.3) is 11.2 Å². The van der Waals surface area contributed by atoms with Crippen LogP contribution in [0.5, 0.6) is 5.75 Å².